The predicted octanol–water partition coefficient (Wildman–Crippen LogP) is 1.67. The summed E-state index contributed by atoms with van der Waals surface area (Å²) in [4.78, 5) is 8.73. The first kappa shape index (κ1) is 14.9. The molecule has 6 heteroatoms. The second-order valence-electron chi connectivity index (χ2n) is 6.13. The van der Waals surface area contributed by atoms with Crippen molar-refractivity contribution in [3.63, 3.8) is 0 Å². The van der Waals surface area contributed by atoms with Crippen LogP contribution >= 0.6 is 0 Å². The topological polar surface area (TPSA) is 92.0 Å². The maximum absolute atomic E-state index is 6.75. The van der Waals surface area contributed by atoms with Gasteiger partial charge in [-0.2, -0.15) is 0 Å². The lowest BCUT2D eigenvalue weighted by atomic mass is 9.87. The molecule has 2 atom stereocenters. The molecule has 6 nitrogen and oxygen atoms in total. The molecule has 3 aromatic rings. The molecule has 122 valence electrons. The van der Waals surface area contributed by atoms with Crippen molar-refractivity contribution in [2.24, 2.45) is 18.5 Å². The fraction of sp³-hybridized carbons (Fsp3) is 0.222. The first-order valence-corrected chi connectivity index (χ1v) is 7.77. The second kappa shape index (κ2) is 5.15. The fourth-order valence-corrected chi connectivity index (χ4v) is 3.34. The van der Waals surface area contributed by atoms with E-state index in [1.807, 2.05) is 55.1 Å². The Kier molecular flexibility index (Phi) is 3.19. The molecule has 2 unspecified atom stereocenters. The summed E-state index contributed by atoms with van der Waals surface area (Å²) in [6, 6.07) is 9.67. The van der Waals surface area contributed by atoms with Crippen molar-refractivity contribution in [1.82, 2.24) is 14.5 Å². The van der Waals surface area contributed by atoms with E-state index in [9.17, 15) is 0 Å². The van der Waals surface area contributed by atoms with Gasteiger partial charge in [-0.05, 0) is 37.3 Å². The number of aryl methyl sites for hydroxylation is 2. The average molecular weight is 321 g/mol. The van der Waals surface area contributed by atoms with Crippen LogP contribution in [0.5, 0.6) is 5.75 Å². The highest BCUT2D eigenvalue weighted by molar-refractivity contribution is 5.71. The Labute approximate surface area is 140 Å². The van der Waals surface area contributed by atoms with Crippen molar-refractivity contribution < 1.29 is 4.74 Å². The molecule has 0 saturated carbocycles. The minimum atomic E-state index is -0.923. The van der Waals surface area contributed by atoms with E-state index in [0.29, 0.717) is 5.75 Å². The van der Waals surface area contributed by atoms with Crippen LogP contribution in [-0.4, -0.2) is 20.8 Å². The van der Waals surface area contributed by atoms with Gasteiger partial charge in [-0.3, -0.25) is 15.7 Å². The number of fused-ring (bicyclic) bond motifs is 1. The Hall–Kier alpha value is -2.70. The Morgan fingerprint density at radius 1 is 1.21 bits per heavy atom. The number of aromatic nitrogens is 3. The van der Waals surface area contributed by atoms with Gasteiger partial charge in [-0.25, -0.2) is 0 Å². The Morgan fingerprint density at radius 3 is 2.71 bits per heavy atom. The summed E-state index contributed by atoms with van der Waals surface area (Å²) in [5.74, 6) is 0.638. The summed E-state index contributed by atoms with van der Waals surface area (Å²) >= 11 is 0. The lowest BCUT2D eigenvalue weighted by molar-refractivity contribution is 0.173. The number of ether oxygens (including phenoxy) is 1. The highest BCUT2D eigenvalue weighted by atomic mass is 16.5. The highest BCUT2D eigenvalue weighted by Gasteiger charge is 2.48. The largest absolute Gasteiger partial charge is 0.470 e. The average Bonchev–Trinajstić information content (AvgIpc) is 3.10. The number of nitrogens with two attached hydrogens (primary N) is 2. The van der Waals surface area contributed by atoms with Crippen LogP contribution in [0.4, 0.5) is 0 Å². The fourth-order valence-electron chi connectivity index (χ4n) is 3.34. The van der Waals surface area contributed by atoms with E-state index in [-0.39, 0.29) is 0 Å². The first-order chi connectivity index (χ1) is 11.5. The summed E-state index contributed by atoms with van der Waals surface area (Å²) < 4.78 is 7.95. The third-order valence-electron chi connectivity index (χ3n) is 4.58. The molecule has 4 N–H and O–H groups in total. The molecule has 4 rings (SSSR count). The molecule has 0 saturated heterocycles. The van der Waals surface area contributed by atoms with E-state index < -0.39 is 11.8 Å². The van der Waals surface area contributed by atoms with Crippen molar-refractivity contribution >= 4 is 0 Å². The normalized spacial score (nSPS) is 22.2. The van der Waals surface area contributed by atoms with Gasteiger partial charge in [0.2, 0.25) is 0 Å². The lowest BCUT2D eigenvalue weighted by Gasteiger charge is -2.28. The van der Waals surface area contributed by atoms with Gasteiger partial charge in [0.1, 0.15) is 11.2 Å². The first-order valence-electron chi connectivity index (χ1n) is 7.77. The maximum Gasteiger partial charge on any atom is 0.176 e. The molecule has 0 aromatic carbocycles. The zero-order valence-electron chi connectivity index (χ0n) is 13.6. The molecule has 0 spiro atoms. The van der Waals surface area contributed by atoms with E-state index in [1.54, 1.807) is 12.4 Å². The molecule has 0 bridgehead atoms. The monoisotopic (exact) mass is 321 g/mol. The Balaban J connectivity index is 1.93. The van der Waals surface area contributed by atoms with Gasteiger partial charge >= 0.3 is 0 Å². The zero-order chi connectivity index (χ0) is 16.9. The molecule has 0 radical (unpaired) electrons. The minimum Gasteiger partial charge on any atom is -0.470 e. The van der Waals surface area contributed by atoms with Gasteiger partial charge in [-0.15, -0.1) is 0 Å². The van der Waals surface area contributed by atoms with Gasteiger partial charge in [0.15, 0.2) is 12.0 Å². The maximum atomic E-state index is 6.75. The number of nitrogens with zero attached hydrogens (tertiary/aromatic N) is 3. The van der Waals surface area contributed by atoms with Crippen molar-refractivity contribution in [3.05, 3.63) is 65.9 Å². The van der Waals surface area contributed by atoms with E-state index in [4.69, 9.17) is 16.2 Å². The Morgan fingerprint density at radius 2 is 2.00 bits per heavy atom. The predicted molar refractivity (Wildman–Crippen MR) is 91.2 cm³/mol. The molecular formula is C18H19N5O. The van der Waals surface area contributed by atoms with Crippen molar-refractivity contribution in [1.29, 1.82) is 0 Å². The molecule has 0 aliphatic carbocycles. The summed E-state index contributed by atoms with van der Waals surface area (Å²) in [6.45, 7) is 1.94. The van der Waals surface area contributed by atoms with E-state index >= 15 is 0 Å². The molecule has 1 aliphatic rings. The van der Waals surface area contributed by atoms with E-state index in [2.05, 4.69) is 9.97 Å². The zero-order valence-corrected chi connectivity index (χ0v) is 13.6. The van der Waals surface area contributed by atoms with Gasteiger partial charge in [0.05, 0.1) is 0 Å². The van der Waals surface area contributed by atoms with Crippen LogP contribution in [0.3, 0.4) is 0 Å². The lowest BCUT2D eigenvalue weighted by Crippen LogP contribution is -2.53. The summed E-state index contributed by atoms with van der Waals surface area (Å²) in [6.07, 6.45) is 4.76. The molecule has 0 amide bonds. The van der Waals surface area contributed by atoms with E-state index in [0.717, 1.165) is 28.2 Å². The van der Waals surface area contributed by atoms with Gasteiger partial charge < -0.3 is 15.0 Å². The van der Waals surface area contributed by atoms with Gasteiger partial charge in [0, 0.05) is 48.2 Å². The number of rotatable bonds is 2. The molecule has 0 fully saturated rings. The SMILES string of the molecule is Cc1cc(-c2nccc3c2OC(N)C3(N)c2cccn2C)ccn1. The quantitative estimate of drug-likeness (QED) is 0.749. The van der Waals surface area contributed by atoms with Crippen LogP contribution in [-0.2, 0) is 12.6 Å². The smallest absolute Gasteiger partial charge is 0.176 e. The van der Waals surface area contributed by atoms with Crippen LogP contribution in [0, 0.1) is 6.92 Å². The highest BCUT2D eigenvalue weighted by Crippen LogP contribution is 2.46. The van der Waals surface area contributed by atoms with Crippen LogP contribution < -0.4 is 16.2 Å². The molecular weight excluding hydrogens is 302 g/mol. The summed E-state index contributed by atoms with van der Waals surface area (Å²) in [7, 11) is 1.95. The standard InChI is InChI=1S/C18H19N5O/c1-11-10-12(5-7-21-11)15-16-13(6-8-22-15)18(20,17(19)24-16)14-4-3-9-23(14)2/h3-10,17H,19-20H2,1-2H3. The van der Waals surface area contributed by atoms with Crippen molar-refractivity contribution in [2.75, 3.05) is 0 Å². The van der Waals surface area contributed by atoms with Gasteiger partial charge in [-0.1, -0.05) is 0 Å². The van der Waals surface area contributed by atoms with Crippen LogP contribution in [0.2, 0.25) is 0 Å². The second-order valence-corrected chi connectivity index (χ2v) is 6.13. The Bertz CT molecular complexity index is 919. The van der Waals surface area contributed by atoms with Gasteiger partial charge in [0.25, 0.3) is 0 Å². The van der Waals surface area contributed by atoms with Crippen molar-refractivity contribution in [3.8, 4) is 17.0 Å². The minimum absolute atomic E-state index is 0.638. The summed E-state index contributed by atoms with van der Waals surface area (Å²) in [5, 5.41) is 0. The van der Waals surface area contributed by atoms with Crippen LogP contribution in [0.15, 0.2) is 48.9 Å². The number of hydrogen-bond acceptors (Lipinski definition) is 5. The summed E-state index contributed by atoms with van der Waals surface area (Å²) in [5.41, 5.74) is 16.4. The third-order valence-corrected chi connectivity index (χ3v) is 4.58. The number of hydrogen-bond donors (Lipinski definition) is 2. The molecule has 1 aliphatic heterocycles. The molecule has 4 heterocycles. The van der Waals surface area contributed by atoms with Crippen LogP contribution in [0.25, 0.3) is 11.3 Å². The molecule has 3 aromatic heterocycles. The third kappa shape index (κ3) is 1.97. The van der Waals surface area contributed by atoms with E-state index in [1.165, 1.54) is 0 Å². The number of pyridine rings is 2. The molecule has 24 heavy (non-hydrogen) atoms. The van der Waals surface area contributed by atoms with Crippen molar-refractivity contribution in [2.45, 2.75) is 18.7 Å². The van der Waals surface area contributed by atoms with Crippen LogP contribution in [0.1, 0.15) is 17.0 Å².